The third-order valence-corrected chi connectivity index (χ3v) is 5.46. The fourth-order valence-electron chi connectivity index (χ4n) is 2.77. The topological polar surface area (TPSA) is 53.8 Å². The Morgan fingerprint density at radius 1 is 1.48 bits per heavy atom. The molecule has 0 aliphatic heterocycles. The van der Waals surface area contributed by atoms with Gasteiger partial charge in [-0.05, 0) is 43.6 Å². The maximum absolute atomic E-state index is 10.1. The number of aliphatic hydroxyl groups excluding tert-OH is 1. The molecular weight excluding hydrogens is 308 g/mol. The number of hydrogen-bond acceptors (Lipinski definition) is 5. The van der Waals surface area contributed by atoms with Gasteiger partial charge < -0.3 is 9.94 Å². The van der Waals surface area contributed by atoms with Crippen molar-refractivity contribution in [1.29, 1.82) is 0 Å². The van der Waals surface area contributed by atoms with Crippen molar-refractivity contribution in [3.63, 3.8) is 0 Å². The van der Waals surface area contributed by atoms with Gasteiger partial charge >= 0.3 is 0 Å². The molecule has 0 saturated carbocycles. The molecule has 1 atom stereocenters. The highest BCUT2D eigenvalue weighted by Gasteiger charge is 2.23. The second-order valence-corrected chi connectivity index (χ2v) is 6.91. The molecule has 1 heterocycles. The molecule has 2 N–H and O–H groups in total. The van der Waals surface area contributed by atoms with E-state index in [2.05, 4.69) is 27.8 Å². The van der Waals surface area contributed by atoms with Crippen LogP contribution in [0.4, 0.5) is 0 Å². The SMILES string of the molecule is C#CC(CC)(CC)NCC(O)CON=C1CCCc2sccc21. The van der Waals surface area contributed by atoms with Crippen LogP contribution in [0.5, 0.6) is 0 Å². The number of terminal acetylenes is 1. The normalized spacial score (nSPS) is 17.6. The molecule has 0 aromatic carbocycles. The molecule has 4 nitrogen and oxygen atoms in total. The molecule has 1 unspecified atom stereocenters. The van der Waals surface area contributed by atoms with Gasteiger partial charge in [0, 0.05) is 17.0 Å². The number of aryl methyl sites for hydroxylation is 1. The standard InChI is InChI=1S/C18H26N2O2S/c1-4-18(5-2,6-3)19-12-14(21)13-22-20-16-8-7-9-17-15(16)10-11-23-17/h1,10-11,14,19,21H,5-9,12-13H2,2-3H3. The quantitative estimate of drug-likeness (QED) is 0.568. The van der Waals surface area contributed by atoms with E-state index >= 15 is 0 Å². The zero-order chi connectivity index (χ0) is 16.7. The van der Waals surface area contributed by atoms with Crippen molar-refractivity contribution < 1.29 is 9.94 Å². The van der Waals surface area contributed by atoms with Crippen molar-refractivity contribution in [3.8, 4) is 12.3 Å². The minimum Gasteiger partial charge on any atom is -0.393 e. The van der Waals surface area contributed by atoms with Gasteiger partial charge in [-0.15, -0.1) is 17.8 Å². The second kappa shape index (κ2) is 8.49. The highest BCUT2D eigenvalue weighted by atomic mass is 32.1. The van der Waals surface area contributed by atoms with E-state index in [1.54, 1.807) is 11.3 Å². The van der Waals surface area contributed by atoms with Crippen molar-refractivity contribution in [1.82, 2.24) is 5.32 Å². The fourth-order valence-corrected chi connectivity index (χ4v) is 3.71. The van der Waals surface area contributed by atoms with E-state index in [0.717, 1.165) is 37.8 Å². The highest BCUT2D eigenvalue weighted by molar-refractivity contribution is 7.10. The number of oxime groups is 1. The van der Waals surface area contributed by atoms with Crippen LogP contribution in [0, 0.1) is 12.3 Å². The van der Waals surface area contributed by atoms with Crippen LogP contribution < -0.4 is 5.32 Å². The second-order valence-electron chi connectivity index (χ2n) is 5.91. The molecule has 1 aliphatic carbocycles. The lowest BCUT2D eigenvalue weighted by Gasteiger charge is -2.28. The van der Waals surface area contributed by atoms with Crippen LogP contribution in [0.2, 0.25) is 0 Å². The van der Waals surface area contributed by atoms with Gasteiger partial charge in [0.25, 0.3) is 0 Å². The summed E-state index contributed by atoms with van der Waals surface area (Å²) in [7, 11) is 0. The van der Waals surface area contributed by atoms with Gasteiger partial charge in [0.15, 0.2) is 0 Å². The summed E-state index contributed by atoms with van der Waals surface area (Å²) in [6.07, 6.45) is 9.80. The smallest absolute Gasteiger partial charge is 0.144 e. The van der Waals surface area contributed by atoms with Gasteiger partial charge in [-0.2, -0.15) is 0 Å². The summed E-state index contributed by atoms with van der Waals surface area (Å²) < 4.78 is 0. The average Bonchev–Trinajstić information content (AvgIpc) is 3.06. The summed E-state index contributed by atoms with van der Waals surface area (Å²) in [5.74, 6) is 2.80. The predicted octanol–water partition coefficient (Wildman–Crippen LogP) is 2.95. The van der Waals surface area contributed by atoms with Crippen LogP contribution >= 0.6 is 11.3 Å². The first kappa shape index (κ1) is 18.0. The zero-order valence-corrected chi connectivity index (χ0v) is 14.8. The fraction of sp³-hybridized carbons (Fsp3) is 0.611. The Kier molecular flexibility index (Phi) is 6.64. The molecule has 126 valence electrons. The Bertz CT molecular complexity index is 570. The summed E-state index contributed by atoms with van der Waals surface area (Å²) in [4.78, 5) is 6.76. The molecule has 0 saturated heterocycles. The van der Waals surface area contributed by atoms with Crippen molar-refractivity contribution in [2.24, 2.45) is 5.16 Å². The van der Waals surface area contributed by atoms with Crippen LogP contribution in [0.25, 0.3) is 0 Å². The Morgan fingerprint density at radius 3 is 2.96 bits per heavy atom. The van der Waals surface area contributed by atoms with Gasteiger partial charge in [-0.25, -0.2) is 0 Å². The number of nitrogens with zero attached hydrogens (tertiary/aromatic N) is 1. The lowest BCUT2D eigenvalue weighted by Crippen LogP contribution is -2.47. The number of aliphatic hydroxyl groups is 1. The van der Waals surface area contributed by atoms with Crippen molar-refractivity contribution >= 4 is 17.0 Å². The van der Waals surface area contributed by atoms with Gasteiger partial charge in [0.05, 0.1) is 11.3 Å². The number of nitrogens with one attached hydrogen (secondary N) is 1. The van der Waals surface area contributed by atoms with Crippen LogP contribution in [0.3, 0.4) is 0 Å². The minimum atomic E-state index is -0.629. The van der Waals surface area contributed by atoms with Crippen molar-refractivity contribution in [2.45, 2.75) is 57.6 Å². The van der Waals surface area contributed by atoms with Gasteiger partial charge in [-0.1, -0.05) is 24.9 Å². The van der Waals surface area contributed by atoms with E-state index in [0.29, 0.717) is 6.54 Å². The van der Waals surface area contributed by atoms with E-state index in [1.165, 1.54) is 10.4 Å². The highest BCUT2D eigenvalue weighted by Crippen LogP contribution is 2.26. The first-order valence-corrected chi connectivity index (χ1v) is 9.18. The summed E-state index contributed by atoms with van der Waals surface area (Å²) in [6.45, 7) is 4.67. The molecule has 0 amide bonds. The predicted molar refractivity (Wildman–Crippen MR) is 95.9 cm³/mol. The molecule has 1 aromatic heterocycles. The van der Waals surface area contributed by atoms with Gasteiger partial charge in [0.1, 0.15) is 12.7 Å². The van der Waals surface area contributed by atoms with Crippen LogP contribution in [-0.4, -0.2) is 35.6 Å². The Balaban J connectivity index is 1.81. The van der Waals surface area contributed by atoms with E-state index in [4.69, 9.17) is 11.3 Å². The summed E-state index contributed by atoms with van der Waals surface area (Å²) in [5, 5.41) is 19.7. The minimum absolute atomic E-state index is 0.171. The number of thiophene rings is 1. The molecule has 0 spiro atoms. The number of hydrogen-bond donors (Lipinski definition) is 2. The number of β-amino-alcohol motifs (C(OH)–C–C–N with tert-alkyl or cyclic N) is 1. The van der Waals surface area contributed by atoms with Gasteiger partial charge in [-0.3, -0.25) is 5.32 Å². The van der Waals surface area contributed by atoms with Gasteiger partial charge in [0.2, 0.25) is 0 Å². The number of fused-ring (bicyclic) bond motifs is 1. The molecule has 1 aliphatic rings. The van der Waals surface area contributed by atoms with Crippen molar-refractivity contribution in [2.75, 3.05) is 13.2 Å². The molecular formula is C18H26N2O2S. The first-order chi connectivity index (χ1) is 11.1. The molecule has 1 aromatic rings. The summed E-state index contributed by atoms with van der Waals surface area (Å²) in [5.41, 5.74) is 1.85. The molecule has 0 bridgehead atoms. The Hall–Kier alpha value is -1.35. The van der Waals surface area contributed by atoms with E-state index in [-0.39, 0.29) is 12.1 Å². The van der Waals surface area contributed by atoms with Crippen LogP contribution in [0.1, 0.15) is 50.0 Å². The lowest BCUT2D eigenvalue weighted by atomic mass is 9.94. The van der Waals surface area contributed by atoms with Crippen molar-refractivity contribution in [3.05, 3.63) is 21.9 Å². The largest absolute Gasteiger partial charge is 0.393 e. The average molecular weight is 334 g/mol. The van der Waals surface area contributed by atoms with E-state index in [1.807, 2.05) is 13.8 Å². The number of rotatable bonds is 8. The molecule has 0 radical (unpaired) electrons. The first-order valence-electron chi connectivity index (χ1n) is 8.30. The van der Waals surface area contributed by atoms with E-state index in [9.17, 15) is 5.11 Å². The zero-order valence-electron chi connectivity index (χ0n) is 14.0. The maximum atomic E-state index is 10.1. The molecule has 2 rings (SSSR count). The van der Waals surface area contributed by atoms with Crippen LogP contribution in [-0.2, 0) is 11.3 Å². The van der Waals surface area contributed by atoms with Crippen LogP contribution in [0.15, 0.2) is 16.6 Å². The monoisotopic (exact) mass is 334 g/mol. The summed E-state index contributed by atoms with van der Waals surface area (Å²) >= 11 is 1.77. The molecule has 5 heteroatoms. The Labute approximate surface area is 142 Å². The van der Waals surface area contributed by atoms with E-state index < -0.39 is 6.10 Å². The lowest BCUT2D eigenvalue weighted by molar-refractivity contribution is 0.0369. The summed E-state index contributed by atoms with van der Waals surface area (Å²) in [6, 6.07) is 2.10. The Morgan fingerprint density at radius 2 is 2.26 bits per heavy atom. The molecule has 23 heavy (non-hydrogen) atoms. The maximum Gasteiger partial charge on any atom is 0.144 e. The molecule has 0 fully saturated rings. The third kappa shape index (κ3) is 4.57. The third-order valence-electron chi connectivity index (χ3n) is 4.47.